The number of carbonyl (C=O) groups excluding carboxylic acids is 1. The normalized spacial score (nSPS) is 14.1. The van der Waals surface area contributed by atoms with Crippen LogP contribution in [-0.4, -0.2) is 26.2 Å². The average molecular weight is 310 g/mol. The van der Waals surface area contributed by atoms with Crippen molar-refractivity contribution < 1.29 is 9.53 Å². The second kappa shape index (κ2) is 5.46. The lowest BCUT2D eigenvalue weighted by molar-refractivity contribution is 0.0951. The Morgan fingerprint density at radius 1 is 1.30 bits per heavy atom. The van der Waals surface area contributed by atoms with Crippen molar-refractivity contribution in [2.45, 2.75) is 25.5 Å². The molecule has 1 saturated carbocycles. The number of rotatable bonds is 5. The summed E-state index contributed by atoms with van der Waals surface area (Å²) in [6, 6.07) is 7.29. The fraction of sp³-hybridized carbons (Fsp3) is 0.294. The van der Waals surface area contributed by atoms with Gasteiger partial charge in [-0.05, 0) is 37.1 Å². The van der Waals surface area contributed by atoms with Crippen molar-refractivity contribution in [3.05, 3.63) is 54.0 Å². The summed E-state index contributed by atoms with van der Waals surface area (Å²) in [6.07, 6.45) is 8.22. The molecule has 1 fully saturated rings. The molecular formula is C17H18N4O2. The first-order valence-corrected chi connectivity index (χ1v) is 7.73. The third-order valence-electron chi connectivity index (χ3n) is 3.99. The third kappa shape index (κ3) is 2.79. The van der Waals surface area contributed by atoms with E-state index in [9.17, 15) is 4.79 Å². The second-order valence-corrected chi connectivity index (χ2v) is 5.87. The molecule has 0 spiro atoms. The zero-order valence-corrected chi connectivity index (χ0v) is 12.9. The molecule has 118 valence electrons. The number of aromatic nitrogens is 3. The number of hydrogen-bond acceptors (Lipinski definition) is 3. The standard InChI is InChI=1S/C17H18N4O2/c1-20-8-9-21-17(20)13(11-19-21)10-18-16(22)12-2-4-14(5-3-12)23-15-6-7-15/h2-5,8-9,11,15H,6-7,10H2,1H3,(H,18,22). The van der Waals surface area contributed by atoms with E-state index in [-0.39, 0.29) is 5.91 Å². The van der Waals surface area contributed by atoms with Gasteiger partial charge in [0, 0.05) is 37.1 Å². The van der Waals surface area contributed by atoms with Crippen LogP contribution in [0, 0.1) is 0 Å². The molecule has 1 aliphatic rings. The molecule has 1 amide bonds. The van der Waals surface area contributed by atoms with Gasteiger partial charge < -0.3 is 14.6 Å². The van der Waals surface area contributed by atoms with Gasteiger partial charge in [-0.15, -0.1) is 0 Å². The largest absolute Gasteiger partial charge is 0.490 e. The van der Waals surface area contributed by atoms with Crippen LogP contribution < -0.4 is 10.1 Å². The maximum atomic E-state index is 12.3. The fourth-order valence-corrected chi connectivity index (χ4v) is 2.59. The van der Waals surface area contributed by atoms with Gasteiger partial charge in [0.2, 0.25) is 0 Å². The van der Waals surface area contributed by atoms with E-state index >= 15 is 0 Å². The zero-order chi connectivity index (χ0) is 15.8. The first-order valence-electron chi connectivity index (χ1n) is 7.73. The van der Waals surface area contributed by atoms with Crippen LogP contribution in [0.25, 0.3) is 5.65 Å². The summed E-state index contributed by atoms with van der Waals surface area (Å²) >= 11 is 0. The van der Waals surface area contributed by atoms with E-state index in [0.717, 1.165) is 29.8 Å². The predicted octanol–water partition coefficient (Wildman–Crippen LogP) is 2.14. The summed E-state index contributed by atoms with van der Waals surface area (Å²) in [5.74, 6) is 0.725. The van der Waals surface area contributed by atoms with Crippen LogP contribution in [0.4, 0.5) is 0 Å². The molecule has 2 aromatic heterocycles. The van der Waals surface area contributed by atoms with Crippen LogP contribution in [0.15, 0.2) is 42.9 Å². The quantitative estimate of drug-likeness (QED) is 0.785. The first-order chi connectivity index (χ1) is 11.2. The number of nitrogens with zero attached hydrogens (tertiary/aromatic N) is 3. The molecule has 1 aromatic carbocycles. The van der Waals surface area contributed by atoms with Crippen LogP contribution in [0.3, 0.4) is 0 Å². The number of imidazole rings is 1. The summed E-state index contributed by atoms with van der Waals surface area (Å²) < 4.78 is 9.47. The highest BCUT2D eigenvalue weighted by Gasteiger charge is 2.23. The molecule has 0 aliphatic heterocycles. The topological polar surface area (TPSA) is 60.6 Å². The number of carbonyl (C=O) groups is 1. The fourth-order valence-electron chi connectivity index (χ4n) is 2.59. The molecule has 3 aromatic rings. The third-order valence-corrected chi connectivity index (χ3v) is 3.99. The monoisotopic (exact) mass is 310 g/mol. The second-order valence-electron chi connectivity index (χ2n) is 5.87. The van der Waals surface area contributed by atoms with Crippen molar-refractivity contribution in [2.75, 3.05) is 0 Å². The van der Waals surface area contributed by atoms with Crippen molar-refractivity contribution in [3.63, 3.8) is 0 Å². The number of aryl methyl sites for hydroxylation is 1. The Kier molecular flexibility index (Phi) is 3.29. The van der Waals surface area contributed by atoms with Crippen molar-refractivity contribution in [1.82, 2.24) is 19.5 Å². The Morgan fingerprint density at radius 3 is 2.83 bits per heavy atom. The van der Waals surface area contributed by atoms with E-state index in [1.165, 1.54) is 0 Å². The van der Waals surface area contributed by atoms with Gasteiger partial charge in [-0.2, -0.15) is 5.10 Å². The maximum Gasteiger partial charge on any atom is 0.251 e. The minimum absolute atomic E-state index is 0.100. The van der Waals surface area contributed by atoms with E-state index in [1.807, 2.05) is 36.1 Å². The lowest BCUT2D eigenvalue weighted by Gasteiger charge is -2.07. The van der Waals surface area contributed by atoms with Crippen LogP contribution in [0.5, 0.6) is 5.75 Å². The van der Waals surface area contributed by atoms with Crippen LogP contribution in [0.2, 0.25) is 0 Å². The lowest BCUT2D eigenvalue weighted by atomic mass is 10.2. The van der Waals surface area contributed by atoms with E-state index in [1.54, 1.807) is 22.8 Å². The minimum atomic E-state index is -0.100. The van der Waals surface area contributed by atoms with Crippen LogP contribution >= 0.6 is 0 Å². The summed E-state index contributed by atoms with van der Waals surface area (Å²) in [5, 5.41) is 7.20. The Morgan fingerprint density at radius 2 is 2.09 bits per heavy atom. The van der Waals surface area contributed by atoms with Crippen molar-refractivity contribution >= 4 is 11.6 Å². The highest BCUT2D eigenvalue weighted by atomic mass is 16.5. The molecule has 23 heavy (non-hydrogen) atoms. The molecule has 0 unspecified atom stereocenters. The van der Waals surface area contributed by atoms with E-state index in [2.05, 4.69) is 10.4 Å². The number of ether oxygens (including phenoxy) is 1. The molecule has 0 saturated heterocycles. The molecule has 6 nitrogen and oxygen atoms in total. The summed E-state index contributed by atoms with van der Waals surface area (Å²) in [7, 11) is 1.96. The van der Waals surface area contributed by atoms with Gasteiger partial charge in [0.25, 0.3) is 5.91 Å². The maximum absolute atomic E-state index is 12.3. The molecular weight excluding hydrogens is 292 g/mol. The molecule has 6 heteroatoms. The molecule has 0 radical (unpaired) electrons. The van der Waals surface area contributed by atoms with Gasteiger partial charge in [-0.1, -0.05) is 0 Å². The first kappa shape index (κ1) is 13.9. The average Bonchev–Trinajstić information content (AvgIpc) is 3.16. The number of hydrogen-bond donors (Lipinski definition) is 1. The molecule has 0 bridgehead atoms. The van der Waals surface area contributed by atoms with E-state index in [0.29, 0.717) is 18.2 Å². The molecule has 2 heterocycles. The summed E-state index contributed by atoms with van der Waals surface area (Å²) in [6.45, 7) is 0.445. The Labute approximate surface area is 133 Å². The lowest BCUT2D eigenvalue weighted by Crippen LogP contribution is -2.22. The Bertz CT molecular complexity index is 843. The SMILES string of the molecule is Cn1ccn2ncc(CNC(=O)c3ccc(OC4CC4)cc3)c12. The van der Waals surface area contributed by atoms with Crippen molar-refractivity contribution in [3.8, 4) is 5.75 Å². The van der Waals surface area contributed by atoms with Crippen LogP contribution in [0.1, 0.15) is 28.8 Å². The summed E-state index contributed by atoms with van der Waals surface area (Å²) in [4.78, 5) is 12.3. The Balaban J connectivity index is 1.42. The number of amides is 1. The molecule has 1 N–H and O–H groups in total. The number of nitrogens with one attached hydrogen (secondary N) is 1. The highest BCUT2D eigenvalue weighted by Crippen LogP contribution is 2.26. The van der Waals surface area contributed by atoms with Gasteiger partial charge in [0.05, 0.1) is 12.3 Å². The zero-order valence-electron chi connectivity index (χ0n) is 12.9. The Hall–Kier alpha value is -2.76. The van der Waals surface area contributed by atoms with Gasteiger partial charge in [0.1, 0.15) is 11.4 Å². The smallest absolute Gasteiger partial charge is 0.251 e. The number of fused-ring (bicyclic) bond motifs is 1. The summed E-state index contributed by atoms with van der Waals surface area (Å²) in [5.41, 5.74) is 2.60. The van der Waals surface area contributed by atoms with Crippen molar-refractivity contribution in [2.24, 2.45) is 7.05 Å². The molecule has 4 rings (SSSR count). The van der Waals surface area contributed by atoms with Crippen molar-refractivity contribution in [1.29, 1.82) is 0 Å². The van der Waals surface area contributed by atoms with E-state index in [4.69, 9.17) is 4.74 Å². The van der Waals surface area contributed by atoms with Gasteiger partial charge in [0.15, 0.2) is 0 Å². The van der Waals surface area contributed by atoms with Gasteiger partial charge >= 0.3 is 0 Å². The van der Waals surface area contributed by atoms with Gasteiger partial charge in [-0.3, -0.25) is 4.79 Å². The van der Waals surface area contributed by atoms with E-state index < -0.39 is 0 Å². The minimum Gasteiger partial charge on any atom is -0.490 e. The van der Waals surface area contributed by atoms with Crippen LogP contribution in [-0.2, 0) is 13.6 Å². The number of benzene rings is 1. The predicted molar refractivity (Wildman–Crippen MR) is 85.4 cm³/mol. The highest BCUT2D eigenvalue weighted by molar-refractivity contribution is 5.94. The van der Waals surface area contributed by atoms with Gasteiger partial charge in [-0.25, -0.2) is 4.52 Å². The molecule has 0 atom stereocenters. The molecule has 1 aliphatic carbocycles.